The Hall–Kier alpha value is -1.57. The molecule has 0 rings (SSSR count). The SMILES string of the molecule is C=CCC(/C=N\C=C)=C(CC)\C(C)=C/N. The first-order valence-electron chi connectivity index (χ1n) is 5.07. The molecule has 0 atom stereocenters. The number of nitrogens with zero attached hydrogens (tertiary/aromatic N) is 1. The molecule has 0 aliphatic rings. The normalized spacial score (nSPS) is 13.9. The van der Waals surface area contributed by atoms with E-state index in [2.05, 4.69) is 25.1 Å². The average molecular weight is 204 g/mol. The van der Waals surface area contributed by atoms with Crippen LogP contribution in [-0.4, -0.2) is 6.21 Å². The van der Waals surface area contributed by atoms with Gasteiger partial charge in [0.15, 0.2) is 0 Å². The maximum Gasteiger partial charge on any atom is 0.0305 e. The standard InChI is InChI=1S/C13H20N2/c1-5-8-12(10-15-7-3)13(6-2)11(4)9-14/h5,7,9-10H,1,3,6,8,14H2,2,4H3/b11-9-,13-12+,15-10-. The van der Waals surface area contributed by atoms with Gasteiger partial charge in [-0.2, -0.15) is 0 Å². The molecule has 2 N–H and O–H groups in total. The highest BCUT2D eigenvalue weighted by molar-refractivity contribution is 5.81. The molecule has 0 fully saturated rings. The molecule has 15 heavy (non-hydrogen) atoms. The molecule has 0 amide bonds. The number of hydrogen-bond acceptors (Lipinski definition) is 2. The van der Waals surface area contributed by atoms with Crippen LogP contribution in [0.3, 0.4) is 0 Å². The summed E-state index contributed by atoms with van der Waals surface area (Å²) in [6.07, 6.45) is 8.57. The summed E-state index contributed by atoms with van der Waals surface area (Å²) in [6.45, 7) is 11.4. The summed E-state index contributed by atoms with van der Waals surface area (Å²) in [5.41, 5.74) is 8.98. The molecule has 0 aromatic heterocycles. The van der Waals surface area contributed by atoms with Gasteiger partial charge in [-0.15, -0.1) is 6.58 Å². The number of allylic oxidation sites excluding steroid dienone is 4. The Kier molecular flexibility index (Phi) is 6.98. The maximum absolute atomic E-state index is 5.52. The van der Waals surface area contributed by atoms with Crippen molar-refractivity contribution in [3.05, 3.63) is 48.4 Å². The van der Waals surface area contributed by atoms with E-state index in [0.717, 1.165) is 24.0 Å². The third-order valence-electron chi connectivity index (χ3n) is 2.17. The second-order valence-electron chi connectivity index (χ2n) is 3.16. The van der Waals surface area contributed by atoms with Crippen LogP contribution >= 0.6 is 0 Å². The van der Waals surface area contributed by atoms with Crippen molar-refractivity contribution in [2.75, 3.05) is 0 Å². The number of aliphatic imine (C=N–C) groups is 1. The molecule has 0 saturated heterocycles. The molecular weight excluding hydrogens is 184 g/mol. The van der Waals surface area contributed by atoms with Gasteiger partial charge in [-0.05, 0) is 42.7 Å². The van der Waals surface area contributed by atoms with Crippen LogP contribution in [0.5, 0.6) is 0 Å². The van der Waals surface area contributed by atoms with E-state index >= 15 is 0 Å². The molecule has 82 valence electrons. The molecule has 2 heteroatoms. The highest BCUT2D eigenvalue weighted by Crippen LogP contribution is 2.19. The summed E-state index contributed by atoms with van der Waals surface area (Å²) >= 11 is 0. The van der Waals surface area contributed by atoms with E-state index < -0.39 is 0 Å². The van der Waals surface area contributed by atoms with Gasteiger partial charge in [-0.3, -0.25) is 4.99 Å². The van der Waals surface area contributed by atoms with Crippen LogP contribution in [0.4, 0.5) is 0 Å². The lowest BCUT2D eigenvalue weighted by Crippen LogP contribution is -1.96. The van der Waals surface area contributed by atoms with Crippen LogP contribution < -0.4 is 5.73 Å². The van der Waals surface area contributed by atoms with E-state index in [4.69, 9.17) is 5.73 Å². The third kappa shape index (κ3) is 4.45. The van der Waals surface area contributed by atoms with Gasteiger partial charge >= 0.3 is 0 Å². The number of nitrogens with two attached hydrogens (primary N) is 1. The van der Waals surface area contributed by atoms with E-state index in [1.165, 1.54) is 11.8 Å². The fraction of sp³-hybridized carbons (Fsp3) is 0.308. The molecule has 0 bridgehead atoms. The van der Waals surface area contributed by atoms with Crippen molar-refractivity contribution in [3.8, 4) is 0 Å². The molecular formula is C13H20N2. The molecule has 2 nitrogen and oxygen atoms in total. The quantitative estimate of drug-likeness (QED) is 0.402. The zero-order chi connectivity index (χ0) is 11.7. The predicted molar refractivity (Wildman–Crippen MR) is 68.8 cm³/mol. The van der Waals surface area contributed by atoms with Gasteiger partial charge in [-0.25, -0.2) is 0 Å². The Labute approximate surface area is 92.6 Å². The van der Waals surface area contributed by atoms with E-state index in [0.29, 0.717) is 0 Å². The highest BCUT2D eigenvalue weighted by Gasteiger charge is 2.03. The third-order valence-corrected chi connectivity index (χ3v) is 2.17. The Morgan fingerprint density at radius 2 is 2.07 bits per heavy atom. The van der Waals surface area contributed by atoms with Gasteiger partial charge < -0.3 is 5.73 Å². The van der Waals surface area contributed by atoms with E-state index in [1.54, 1.807) is 6.20 Å². The highest BCUT2D eigenvalue weighted by atomic mass is 14.7. The zero-order valence-electron chi connectivity index (χ0n) is 9.66. The minimum Gasteiger partial charge on any atom is -0.404 e. The second kappa shape index (κ2) is 7.80. The van der Waals surface area contributed by atoms with Crippen LogP contribution in [0.1, 0.15) is 26.7 Å². The van der Waals surface area contributed by atoms with Crippen molar-refractivity contribution in [1.29, 1.82) is 0 Å². The predicted octanol–water partition coefficient (Wildman–Crippen LogP) is 3.35. The summed E-state index contributed by atoms with van der Waals surface area (Å²) in [4.78, 5) is 4.04. The smallest absolute Gasteiger partial charge is 0.0305 e. The van der Waals surface area contributed by atoms with Gasteiger partial charge in [0.1, 0.15) is 0 Å². The monoisotopic (exact) mass is 204 g/mol. The number of rotatable bonds is 6. The zero-order valence-corrected chi connectivity index (χ0v) is 9.66. The van der Waals surface area contributed by atoms with Crippen LogP contribution in [0, 0.1) is 0 Å². The lowest BCUT2D eigenvalue weighted by Gasteiger charge is -2.09. The Balaban J connectivity index is 5.24. The molecule has 0 heterocycles. The molecule has 0 spiro atoms. The summed E-state index contributed by atoms with van der Waals surface area (Å²) in [7, 11) is 0. The van der Waals surface area contributed by atoms with Crippen molar-refractivity contribution in [1.82, 2.24) is 0 Å². The van der Waals surface area contributed by atoms with Crippen LogP contribution in [0.15, 0.2) is 53.3 Å². The Morgan fingerprint density at radius 1 is 1.40 bits per heavy atom. The Morgan fingerprint density at radius 3 is 2.47 bits per heavy atom. The lowest BCUT2D eigenvalue weighted by molar-refractivity contribution is 1.06. The van der Waals surface area contributed by atoms with Gasteiger partial charge in [-0.1, -0.05) is 19.6 Å². The Bertz CT molecular complexity index is 306. The van der Waals surface area contributed by atoms with Crippen LogP contribution in [0.25, 0.3) is 0 Å². The van der Waals surface area contributed by atoms with E-state index in [1.807, 2.05) is 19.2 Å². The molecule has 0 unspecified atom stereocenters. The molecule has 0 radical (unpaired) electrons. The molecule has 0 aliphatic carbocycles. The molecule has 0 aromatic rings. The van der Waals surface area contributed by atoms with Crippen LogP contribution in [-0.2, 0) is 0 Å². The van der Waals surface area contributed by atoms with Crippen molar-refractivity contribution < 1.29 is 0 Å². The molecule has 0 saturated carbocycles. The molecule has 0 aliphatic heterocycles. The summed E-state index contributed by atoms with van der Waals surface area (Å²) < 4.78 is 0. The lowest BCUT2D eigenvalue weighted by atomic mass is 9.98. The largest absolute Gasteiger partial charge is 0.404 e. The minimum absolute atomic E-state index is 0.797. The van der Waals surface area contributed by atoms with Crippen LogP contribution in [0.2, 0.25) is 0 Å². The first kappa shape index (κ1) is 13.4. The first-order valence-corrected chi connectivity index (χ1v) is 5.07. The van der Waals surface area contributed by atoms with Crippen molar-refractivity contribution in [3.63, 3.8) is 0 Å². The molecule has 0 aromatic carbocycles. The summed E-state index contributed by atoms with van der Waals surface area (Å²) in [5.74, 6) is 0. The average Bonchev–Trinajstić information content (AvgIpc) is 2.26. The van der Waals surface area contributed by atoms with Gasteiger partial charge in [0.2, 0.25) is 0 Å². The topological polar surface area (TPSA) is 38.4 Å². The van der Waals surface area contributed by atoms with Crippen molar-refractivity contribution >= 4 is 6.21 Å². The number of hydrogen-bond donors (Lipinski definition) is 1. The van der Waals surface area contributed by atoms with Gasteiger partial charge in [0.05, 0.1) is 0 Å². The second-order valence-corrected chi connectivity index (χ2v) is 3.16. The van der Waals surface area contributed by atoms with Crippen molar-refractivity contribution in [2.24, 2.45) is 10.7 Å². The van der Waals surface area contributed by atoms with Gasteiger partial charge in [0.25, 0.3) is 0 Å². The fourth-order valence-corrected chi connectivity index (χ4v) is 1.41. The van der Waals surface area contributed by atoms with E-state index in [-0.39, 0.29) is 0 Å². The summed E-state index contributed by atoms with van der Waals surface area (Å²) in [6, 6.07) is 0. The van der Waals surface area contributed by atoms with E-state index in [9.17, 15) is 0 Å². The summed E-state index contributed by atoms with van der Waals surface area (Å²) in [5, 5.41) is 0. The minimum atomic E-state index is 0.797. The first-order chi connectivity index (χ1) is 7.21. The fourth-order valence-electron chi connectivity index (χ4n) is 1.41. The van der Waals surface area contributed by atoms with Crippen molar-refractivity contribution in [2.45, 2.75) is 26.7 Å². The maximum atomic E-state index is 5.52. The van der Waals surface area contributed by atoms with Gasteiger partial charge in [0, 0.05) is 12.4 Å².